The smallest absolute Gasteiger partial charge is 0.325 e. The molecule has 3 amide bonds. The van der Waals surface area contributed by atoms with Crippen molar-refractivity contribution in [3.05, 3.63) is 58.0 Å². The first-order valence-electron chi connectivity index (χ1n) is 7.03. The average Bonchev–Trinajstić information content (AvgIpc) is 3.13. The molecule has 0 bridgehead atoms. The van der Waals surface area contributed by atoms with Crippen LogP contribution in [0.4, 0.5) is 4.39 Å². The van der Waals surface area contributed by atoms with Crippen LogP contribution in [-0.4, -0.2) is 36.8 Å². The Hall–Kier alpha value is -3.07. The monoisotopic (exact) mass is 364 g/mol. The molecule has 2 aromatic rings. The third kappa shape index (κ3) is 5.81. The summed E-state index contributed by atoms with van der Waals surface area (Å²) in [6, 6.07) is 7.96. The molecule has 9 heteroatoms. The Bertz CT molecular complexity index is 774. The van der Waals surface area contributed by atoms with Crippen LogP contribution in [0.5, 0.6) is 0 Å². The number of hydrogen-bond donors (Lipinski definition) is 2. The molecule has 130 valence electrons. The average molecular weight is 364 g/mol. The minimum atomic E-state index is -0.853. The van der Waals surface area contributed by atoms with Gasteiger partial charge in [0.05, 0.1) is 4.88 Å². The van der Waals surface area contributed by atoms with Gasteiger partial charge in [0.25, 0.3) is 17.7 Å². The van der Waals surface area contributed by atoms with Gasteiger partial charge in [-0.05, 0) is 35.7 Å². The molecule has 0 unspecified atom stereocenters. The van der Waals surface area contributed by atoms with Crippen LogP contribution in [0.25, 0.3) is 0 Å². The summed E-state index contributed by atoms with van der Waals surface area (Å²) >= 11 is 1.16. The standard InChI is InChI=1S/C16H13FN2O5S/c17-11-5-3-10(4-6-11)15(22)18-8-14(21)24-9-13(20)19-16(23)12-2-1-7-25-12/h1-7H,8-9H2,(H,18,22)(H,19,20,23). The summed E-state index contributed by atoms with van der Waals surface area (Å²) in [5, 5.41) is 6.02. The van der Waals surface area contributed by atoms with Crippen LogP contribution in [0.1, 0.15) is 20.0 Å². The number of carbonyl (C=O) groups excluding carboxylic acids is 4. The highest BCUT2D eigenvalue weighted by Gasteiger charge is 2.14. The second kappa shape index (κ2) is 8.69. The van der Waals surface area contributed by atoms with Crippen LogP contribution in [0, 0.1) is 5.82 Å². The molecule has 2 rings (SSSR count). The zero-order valence-corrected chi connectivity index (χ0v) is 13.6. The van der Waals surface area contributed by atoms with Crippen molar-refractivity contribution in [3.63, 3.8) is 0 Å². The molecule has 7 nitrogen and oxygen atoms in total. The predicted molar refractivity (Wildman–Crippen MR) is 86.5 cm³/mol. The van der Waals surface area contributed by atoms with Crippen molar-refractivity contribution in [1.82, 2.24) is 10.6 Å². The Kier molecular flexibility index (Phi) is 6.35. The van der Waals surface area contributed by atoms with Gasteiger partial charge in [0.1, 0.15) is 12.4 Å². The van der Waals surface area contributed by atoms with E-state index in [0.29, 0.717) is 4.88 Å². The van der Waals surface area contributed by atoms with Crippen molar-refractivity contribution in [2.75, 3.05) is 13.2 Å². The maximum Gasteiger partial charge on any atom is 0.325 e. The van der Waals surface area contributed by atoms with Gasteiger partial charge < -0.3 is 10.1 Å². The maximum absolute atomic E-state index is 12.8. The van der Waals surface area contributed by atoms with E-state index in [-0.39, 0.29) is 5.56 Å². The zero-order chi connectivity index (χ0) is 18.2. The summed E-state index contributed by atoms with van der Waals surface area (Å²) in [6.45, 7) is -1.12. The number of rotatable bonds is 6. The fraction of sp³-hybridized carbons (Fsp3) is 0.125. The lowest BCUT2D eigenvalue weighted by Gasteiger charge is -2.06. The molecule has 0 aliphatic carbocycles. The molecule has 0 saturated carbocycles. The van der Waals surface area contributed by atoms with Gasteiger partial charge in [0, 0.05) is 5.56 Å². The summed E-state index contributed by atoms with van der Waals surface area (Å²) in [6.07, 6.45) is 0. The second-order valence-electron chi connectivity index (χ2n) is 4.70. The number of ether oxygens (including phenoxy) is 1. The number of imide groups is 1. The first kappa shape index (κ1) is 18.3. The third-order valence-corrected chi connectivity index (χ3v) is 3.73. The summed E-state index contributed by atoms with van der Waals surface area (Å²) in [5.74, 6) is -3.29. The zero-order valence-electron chi connectivity index (χ0n) is 12.8. The maximum atomic E-state index is 12.8. The van der Waals surface area contributed by atoms with E-state index in [4.69, 9.17) is 0 Å². The van der Waals surface area contributed by atoms with Gasteiger partial charge in [0.15, 0.2) is 6.61 Å². The SMILES string of the molecule is O=C(COC(=O)CNC(=O)c1ccc(F)cc1)NC(=O)c1cccs1. The van der Waals surface area contributed by atoms with Crippen LogP contribution in [-0.2, 0) is 14.3 Å². The Morgan fingerprint density at radius 2 is 1.76 bits per heavy atom. The fourth-order valence-electron chi connectivity index (χ4n) is 1.68. The van der Waals surface area contributed by atoms with Gasteiger partial charge in [-0.1, -0.05) is 6.07 Å². The number of carbonyl (C=O) groups is 4. The topological polar surface area (TPSA) is 102 Å². The Morgan fingerprint density at radius 1 is 1.04 bits per heavy atom. The third-order valence-electron chi connectivity index (χ3n) is 2.86. The van der Waals surface area contributed by atoms with E-state index < -0.39 is 42.7 Å². The van der Waals surface area contributed by atoms with Crippen LogP contribution in [0.3, 0.4) is 0 Å². The van der Waals surface area contributed by atoms with E-state index in [1.54, 1.807) is 17.5 Å². The lowest BCUT2D eigenvalue weighted by atomic mass is 10.2. The summed E-state index contributed by atoms with van der Waals surface area (Å²) in [4.78, 5) is 46.7. The molecule has 1 aromatic heterocycles. The number of nitrogens with one attached hydrogen (secondary N) is 2. The van der Waals surface area contributed by atoms with Crippen molar-refractivity contribution < 1.29 is 28.3 Å². The molecule has 0 saturated heterocycles. The van der Waals surface area contributed by atoms with Gasteiger partial charge in [-0.2, -0.15) is 0 Å². The van der Waals surface area contributed by atoms with Crippen LogP contribution in [0.15, 0.2) is 41.8 Å². The number of thiophene rings is 1. The van der Waals surface area contributed by atoms with Gasteiger partial charge in [-0.25, -0.2) is 4.39 Å². The molecule has 1 aromatic carbocycles. The Labute approximate surface area is 145 Å². The van der Waals surface area contributed by atoms with Gasteiger partial charge in [-0.15, -0.1) is 11.3 Å². The number of esters is 1. The van der Waals surface area contributed by atoms with E-state index in [1.165, 1.54) is 12.1 Å². The summed E-state index contributed by atoms with van der Waals surface area (Å²) in [7, 11) is 0. The summed E-state index contributed by atoms with van der Waals surface area (Å²) < 4.78 is 17.4. The number of halogens is 1. The van der Waals surface area contributed by atoms with Crippen LogP contribution < -0.4 is 10.6 Å². The van der Waals surface area contributed by atoms with Gasteiger partial charge >= 0.3 is 5.97 Å². The van der Waals surface area contributed by atoms with E-state index in [0.717, 1.165) is 23.5 Å². The quantitative estimate of drug-likeness (QED) is 0.748. The highest BCUT2D eigenvalue weighted by molar-refractivity contribution is 7.12. The molecule has 0 fully saturated rings. The molecule has 1 heterocycles. The second-order valence-corrected chi connectivity index (χ2v) is 5.65. The predicted octanol–water partition coefficient (Wildman–Crippen LogP) is 1.12. The molecular formula is C16H13FN2O5S. The van der Waals surface area contributed by atoms with Crippen molar-refractivity contribution >= 4 is 35.0 Å². The first-order valence-corrected chi connectivity index (χ1v) is 7.91. The lowest BCUT2D eigenvalue weighted by molar-refractivity contribution is -0.147. The number of hydrogen-bond acceptors (Lipinski definition) is 6. The van der Waals surface area contributed by atoms with Crippen LogP contribution >= 0.6 is 11.3 Å². The van der Waals surface area contributed by atoms with E-state index in [2.05, 4.69) is 15.4 Å². The minimum absolute atomic E-state index is 0.175. The largest absolute Gasteiger partial charge is 0.454 e. The lowest BCUT2D eigenvalue weighted by Crippen LogP contribution is -2.36. The van der Waals surface area contributed by atoms with E-state index in [1.807, 2.05) is 0 Å². The number of amides is 3. The number of benzene rings is 1. The molecule has 0 aliphatic heterocycles. The van der Waals surface area contributed by atoms with Gasteiger partial charge in [0.2, 0.25) is 0 Å². The van der Waals surface area contributed by atoms with Crippen LogP contribution in [0.2, 0.25) is 0 Å². The minimum Gasteiger partial charge on any atom is -0.454 e. The molecule has 2 N–H and O–H groups in total. The fourth-order valence-corrected chi connectivity index (χ4v) is 2.30. The van der Waals surface area contributed by atoms with Crippen molar-refractivity contribution in [2.24, 2.45) is 0 Å². The molecule has 0 atom stereocenters. The highest BCUT2D eigenvalue weighted by atomic mass is 32.1. The Balaban J connectivity index is 1.69. The molecule has 25 heavy (non-hydrogen) atoms. The van der Waals surface area contributed by atoms with Crippen molar-refractivity contribution in [3.8, 4) is 0 Å². The summed E-state index contributed by atoms with van der Waals surface area (Å²) in [5.41, 5.74) is 0.175. The molecular weight excluding hydrogens is 351 g/mol. The van der Waals surface area contributed by atoms with E-state index >= 15 is 0 Å². The molecule has 0 aliphatic rings. The molecule has 0 radical (unpaired) electrons. The first-order chi connectivity index (χ1) is 12.0. The normalized spacial score (nSPS) is 9.96. The van der Waals surface area contributed by atoms with Gasteiger partial charge in [-0.3, -0.25) is 24.5 Å². The van der Waals surface area contributed by atoms with Crippen molar-refractivity contribution in [2.45, 2.75) is 0 Å². The van der Waals surface area contributed by atoms with Crippen molar-refractivity contribution in [1.29, 1.82) is 0 Å². The Morgan fingerprint density at radius 3 is 2.40 bits per heavy atom. The highest BCUT2D eigenvalue weighted by Crippen LogP contribution is 2.07. The molecule has 0 spiro atoms. The van der Waals surface area contributed by atoms with E-state index in [9.17, 15) is 23.6 Å².